The average molecular weight is 154 g/mol. The molecule has 11 heavy (non-hydrogen) atoms. The molecule has 1 N–H and O–H groups in total. The molecule has 0 heterocycles. The van der Waals surface area contributed by atoms with Gasteiger partial charge in [-0.3, -0.25) is 0 Å². The van der Waals surface area contributed by atoms with Gasteiger partial charge in [-0.05, 0) is 12.8 Å². The number of hydrogen-bond acceptors (Lipinski definition) is 1. The van der Waals surface area contributed by atoms with E-state index in [9.17, 15) is 0 Å². The van der Waals surface area contributed by atoms with Crippen molar-refractivity contribution >= 4 is 0 Å². The van der Waals surface area contributed by atoms with Gasteiger partial charge in [-0.25, -0.2) is 0 Å². The third-order valence-electron chi connectivity index (χ3n) is 1.67. The lowest BCUT2D eigenvalue weighted by Crippen LogP contribution is -2.00. The van der Waals surface area contributed by atoms with Crippen LogP contribution in [0.3, 0.4) is 0 Å². The minimum absolute atomic E-state index is 0.201. The van der Waals surface area contributed by atoms with Crippen molar-refractivity contribution in [2.45, 2.75) is 39.5 Å². The van der Waals surface area contributed by atoms with Crippen LogP contribution in [-0.4, -0.2) is 11.7 Å². The Morgan fingerprint density at radius 2 is 2.09 bits per heavy atom. The zero-order valence-electron chi connectivity index (χ0n) is 7.56. The van der Waals surface area contributed by atoms with Gasteiger partial charge < -0.3 is 5.11 Å². The summed E-state index contributed by atoms with van der Waals surface area (Å²) in [5.74, 6) is 6.33. The molecule has 64 valence electrons. The van der Waals surface area contributed by atoms with E-state index in [0.29, 0.717) is 0 Å². The van der Waals surface area contributed by atoms with Crippen LogP contribution in [0.2, 0.25) is 0 Å². The molecule has 1 heteroatoms. The molecule has 0 saturated heterocycles. The third-order valence-corrected chi connectivity index (χ3v) is 1.67. The molecule has 1 nitrogen and oxygen atoms in total. The van der Waals surface area contributed by atoms with E-state index in [4.69, 9.17) is 5.11 Å². The number of aliphatic hydroxyl groups is 1. The van der Waals surface area contributed by atoms with Crippen LogP contribution in [0.4, 0.5) is 0 Å². The maximum Gasteiger partial charge on any atom is 0.0568 e. The second kappa shape index (κ2) is 7.63. The monoisotopic (exact) mass is 154 g/mol. The van der Waals surface area contributed by atoms with Crippen molar-refractivity contribution in [1.82, 2.24) is 0 Å². The first-order valence-corrected chi connectivity index (χ1v) is 4.44. The fraction of sp³-hybridized carbons (Fsp3) is 0.800. The van der Waals surface area contributed by atoms with Crippen LogP contribution >= 0.6 is 0 Å². The minimum Gasteiger partial charge on any atom is -0.395 e. The summed E-state index contributed by atoms with van der Waals surface area (Å²) < 4.78 is 0. The van der Waals surface area contributed by atoms with Crippen molar-refractivity contribution < 1.29 is 5.11 Å². The van der Waals surface area contributed by atoms with Crippen LogP contribution in [0, 0.1) is 17.8 Å². The maximum atomic E-state index is 8.78. The molecular formula is C10H18O. The van der Waals surface area contributed by atoms with Crippen molar-refractivity contribution in [2.24, 2.45) is 5.92 Å². The number of aliphatic hydroxyl groups excluding tert-OH is 1. The molecule has 0 aliphatic rings. The largest absolute Gasteiger partial charge is 0.395 e. The highest BCUT2D eigenvalue weighted by molar-refractivity contribution is 5.03. The standard InChI is InChI=1S/C10H18O/c1-3-5-6-7-8-10(4-2)9-11/h10-11H,3-6,9H2,1-2H3. The summed E-state index contributed by atoms with van der Waals surface area (Å²) in [6, 6.07) is 0. The van der Waals surface area contributed by atoms with Gasteiger partial charge >= 0.3 is 0 Å². The van der Waals surface area contributed by atoms with E-state index in [2.05, 4.69) is 25.7 Å². The van der Waals surface area contributed by atoms with Crippen LogP contribution in [0.1, 0.15) is 39.5 Å². The second-order valence-electron chi connectivity index (χ2n) is 2.71. The number of hydrogen-bond donors (Lipinski definition) is 1. The van der Waals surface area contributed by atoms with Crippen molar-refractivity contribution in [2.75, 3.05) is 6.61 Å². The lowest BCUT2D eigenvalue weighted by molar-refractivity contribution is 0.254. The molecule has 0 aliphatic carbocycles. The SMILES string of the molecule is CCCCC#CC(CC)CO. The zero-order valence-corrected chi connectivity index (χ0v) is 7.56. The number of rotatable bonds is 4. The smallest absolute Gasteiger partial charge is 0.0568 e. The van der Waals surface area contributed by atoms with E-state index in [1.165, 1.54) is 12.8 Å². The minimum atomic E-state index is 0.201. The van der Waals surface area contributed by atoms with Crippen molar-refractivity contribution in [3.63, 3.8) is 0 Å². The molecule has 0 radical (unpaired) electrons. The summed E-state index contributed by atoms with van der Waals surface area (Å²) in [6.07, 6.45) is 4.31. The molecule has 0 fully saturated rings. The van der Waals surface area contributed by atoms with Crippen molar-refractivity contribution in [3.05, 3.63) is 0 Å². The molecule has 1 atom stereocenters. The highest BCUT2D eigenvalue weighted by atomic mass is 16.3. The molecule has 0 rings (SSSR count). The Hall–Kier alpha value is -0.480. The Morgan fingerprint density at radius 1 is 1.36 bits per heavy atom. The summed E-state index contributed by atoms with van der Waals surface area (Å²) in [5.41, 5.74) is 0. The molecule has 0 amide bonds. The summed E-state index contributed by atoms with van der Waals surface area (Å²) in [5, 5.41) is 8.78. The van der Waals surface area contributed by atoms with Gasteiger partial charge in [-0.2, -0.15) is 0 Å². The average Bonchev–Trinajstić information content (AvgIpc) is 2.05. The van der Waals surface area contributed by atoms with Crippen molar-refractivity contribution in [3.8, 4) is 11.8 Å². The van der Waals surface area contributed by atoms with Gasteiger partial charge in [0.05, 0.1) is 6.61 Å². The molecule has 0 aromatic heterocycles. The summed E-state index contributed by atoms with van der Waals surface area (Å²) in [7, 11) is 0. The van der Waals surface area contributed by atoms with Gasteiger partial charge in [0.2, 0.25) is 0 Å². The molecule has 0 bridgehead atoms. The van der Waals surface area contributed by atoms with Crippen LogP contribution in [0.5, 0.6) is 0 Å². The Bertz CT molecular complexity index is 126. The van der Waals surface area contributed by atoms with E-state index < -0.39 is 0 Å². The Balaban J connectivity index is 3.47. The summed E-state index contributed by atoms with van der Waals surface area (Å²) >= 11 is 0. The normalized spacial score (nSPS) is 11.9. The fourth-order valence-electron chi connectivity index (χ4n) is 0.758. The first-order chi connectivity index (χ1) is 5.35. The maximum absolute atomic E-state index is 8.78. The van der Waals surface area contributed by atoms with Gasteiger partial charge in [0.25, 0.3) is 0 Å². The van der Waals surface area contributed by atoms with E-state index in [-0.39, 0.29) is 12.5 Å². The zero-order chi connectivity index (χ0) is 8.53. The first kappa shape index (κ1) is 10.5. The predicted octanol–water partition coefficient (Wildman–Crippen LogP) is 2.20. The lowest BCUT2D eigenvalue weighted by atomic mass is 10.1. The lowest BCUT2D eigenvalue weighted by Gasteiger charge is -1.99. The Morgan fingerprint density at radius 3 is 2.55 bits per heavy atom. The van der Waals surface area contributed by atoms with Crippen LogP contribution < -0.4 is 0 Å². The van der Waals surface area contributed by atoms with E-state index in [0.717, 1.165) is 12.8 Å². The van der Waals surface area contributed by atoms with Crippen LogP contribution in [0.15, 0.2) is 0 Å². The molecule has 0 aromatic carbocycles. The van der Waals surface area contributed by atoms with Gasteiger partial charge in [0.1, 0.15) is 0 Å². The first-order valence-electron chi connectivity index (χ1n) is 4.44. The summed E-state index contributed by atoms with van der Waals surface area (Å²) in [4.78, 5) is 0. The topological polar surface area (TPSA) is 20.2 Å². The highest BCUT2D eigenvalue weighted by Crippen LogP contribution is 1.99. The molecule has 0 aromatic rings. The molecule has 1 unspecified atom stereocenters. The van der Waals surface area contributed by atoms with E-state index in [1.807, 2.05) is 0 Å². The van der Waals surface area contributed by atoms with Gasteiger partial charge in [0.15, 0.2) is 0 Å². The molecular weight excluding hydrogens is 136 g/mol. The predicted molar refractivity (Wildman–Crippen MR) is 48.2 cm³/mol. The van der Waals surface area contributed by atoms with Gasteiger partial charge in [-0.1, -0.05) is 26.2 Å². The Kier molecular flexibility index (Phi) is 7.29. The third kappa shape index (κ3) is 5.94. The van der Waals surface area contributed by atoms with Gasteiger partial charge in [-0.15, -0.1) is 5.92 Å². The highest BCUT2D eigenvalue weighted by Gasteiger charge is 1.96. The Labute approximate surface area is 69.8 Å². The quantitative estimate of drug-likeness (QED) is 0.486. The molecule has 0 spiro atoms. The van der Waals surface area contributed by atoms with Crippen LogP contribution in [-0.2, 0) is 0 Å². The van der Waals surface area contributed by atoms with Crippen molar-refractivity contribution in [1.29, 1.82) is 0 Å². The summed E-state index contributed by atoms with van der Waals surface area (Å²) in [6.45, 7) is 4.41. The van der Waals surface area contributed by atoms with Gasteiger partial charge in [0, 0.05) is 12.3 Å². The molecule has 0 aliphatic heterocycles. The molecule has 0 saturated carbocycles. The van der Waals surface area contributed by atoms with E-state index >= 15 is 0 Å². The fourth-order valence-corrected chi connectivity index (χ4v) is 0.758. The second-order valence-corrected chi connectivity index (χ2v) is 2.71. The number of unbranched alkanes of at least 4 members (excludes halogenated alkanes) is 2. The van der Waals surface area contributed by atoms with E-state index in [1.54, 1.807) is 0 Å². The van der Waals surface area contributed by atoms with Crippen LogP contribution in [0.25, 0.3) is 0 Å².